The molecule has 6 nitrogen and oxygen atoms in total. The average molecular weight is 322 g/mol. The molecule has 0 saturated carbocycles. The van der Waals surface area contributed by atoms with E-state index in [1.807, 2.05) is 0 Å². The Labute approximate surface area is 130 Å². The van der Waals surface area contributed by atoms with Crippen LogP contribution in [-0.4, -0.2) is 23.5 Å². The number of esters is 1. The third kappa shape index (κ3) is 2.46. The van der Waals surface area contributed by atoms with Crippen LogP contribution >= 0.6 is 0 Å². The second kappa shape index (κ2) is 5.34. The van der Waals surface area contributed by atoms with Crippen molar-refractivity contribution in [2.45, 2.75) is 32.0 Å². The Bertz CT molecular complexity index is 842. The zero-order chi connectivity index (χ0) is 16.8. The minimum Gasteiger partial charge on any atom is -0.461 e. The van der Waals surface area contributed by atoms with E-state index in [4.69, 9.17) is 13.9 Å². The van der Waals surface area contributed by atoms with Crippen molar-refractivity contribution in [2.75, 3.05) is 6.61 Å². The normalized spacial score (nSPS) is 23.2. The van der Waals surface area contributed by atoms with E-state index in [0.717, 1.165) is 6.07 Å². The third-order valence-corrected chi connectivity index (χ3v) is 3.80. The molecule has 0 fully saturated rings. The number of benzene rings is 1. The van der Waals surface area contributed by atoms with E-state index in [-0.39, 0.29) is 29.9 Å². The van der Waals surface area contributed by atoms with E-state index in [2.05, 4.69) is 0 Å². The molecule has 0 amide bonds. The first-order chi connectivity index (χ1) is 10.9. The number of hydrogen-bond donors (Lipinski definition) is 1. The Morgan fingerprint density at radius 2 is 2.26 bits per heavy atom. The van der Waals surface area contributed by atoms with Crippen molar-refractivity contribution in [3.63, 3.8) is 0 Å². The summed E-state index contributed by atoms with van der Waals surface area (Å²) in [4.78, 5) is 24.1. The fourth-order valence-electron chi connectivity index (χ4n) is 2.79. The van der Waals surface area contributed by atoms with E-state index in [1.54, 1.807) is 13.8 Å². The molecule has 2 atom stereocenters. The number of halogens is 1. The molecule has 1 aromatic carbocycles. The molecular weight excluding hydrogens is 307 g/mol. The van der Waals surface area contributed by atoms with Crippen LogP contribution in [-0.2, 0) is 9.53 Å². The molecule has 7 heteroatoms. The summed E-state index contributed by atoms with van der Waals surface area (Å²) < 4.78 is 28.7. The predicted octanol–water partition coefficient (Wildman–Crippen LogP) is 2.07. The van der Waals surface area contributed by atoms with Crippen LogP contribution < -0.4 is 10.4 Å². The van der Waals surface area contributed by atoms with Gasteiger partial charge in [0.25, 0.3) is 0 Å². The lowest BCUT2D eigenvalue weighted by molar-refractivity contribution is -0.205. The second-order valence-electron chi connectivity index (χ2n) is 5.48. The van der Waals surface area contributed by atoms with Crippen LogP contribution in [0.15, 0.2) is 27.4 Å². The monoisotopic (exact) mass is 322 g/mol. The van der Waals surface area contributed by atoms with Crippen LogP contribution in [0.2, 0.25) is 0 Å². The smallest absolute Gasteiger partial charge is 0.379 e. The van der Waals surface area contributed by atoms with Gasteiger partial charge >= 0.3 is 17.4 Å². The van der Waals surface area contributed by atoms with E-state index in [1.165, 1.54) is 12.1 Å². The number of fused-ring (bicyclic) bond motifs is 3. The summed E-state index contributed by atoms with van der Waals surface area (Å²) in [7, 11) is 0. The van der Waals surface area contributed by atoms with Crippen LogP contribution in [0.25, 0.3) is 11.0 Å². The standard InChI is InChI=1S/C16H15FO6/c1-3-21-15(19)16(20)7-8(2)12-13(23-16)10-5-4-9(17)6-11(10)22-14(12)18/h4-6,8,20H,3,7H2,1-2H3. The summed E-state index contributed by atoms with van der Waals surface area (Å²) in [6.07, 6.45) is -0.143. The van der Waals surface area contributed by atoms with Crippen molar-refractivity contribution in [3.8, 4) is 5.75 Å². The molecule has 0 bridgehead atoms. The zero-order valence-electron chi connectivity index (χ0n) is 12.6. The Morgan fingerprint density at radius 1 is 1.52 bits per heavy atom. The lowest BCUT2D eigenvalue weighted by Crippen LogP contribution is -2.49. The second-order valence-corrected chi connectivity index (χ2v) is 5.48. The number of ether oxygens (including phenoxy) is 2. The minimum atomic E-state index is -2.20. The van der Waals surface area contributed by atoms with Gasteiger partial charge in [-0.3, -0.25) is 0 Å². The van der Waals surface area contributed by atoms with Crippen LogP contribution in [0.5, 0.6) is 5.75 Å². The number of rotatable bonds is 2. The van der Waals surface area contributed by atoms with E-state index >= 15 is 0 Å². The summed E-state index contributed by atoms with van der Waals surface area (Å²) in [5, 5.41) is 10.8. The lowest BCUT2D eigenvalue weighted by atomic mass is 9.89. The van der Waals surface area contributed by atoms with Crippen LogP contribution in [0, 0.1) is 5.82 Å². The maximum atomic E-state index is 13.3. The highest BCUT2D eigenvalue weighted by molar-refractivity contribution is 5.87. The van der Waals surface area contributed by atoms with Gasteiger partial charge in [-0.05, 0) is 25.0 Å². The molecule has 1 aromatic heterocycles. The minimum absolute atomic E-state index is 0.0190. The quantitative estimate of drug-likeness (QED) is 0.673. The third-order valence-electron chi connectivity index (χ3n) is 3.80. The Morgan fingerprint density at radius 3 is 2.96 bits per heavy atom. The zero-order valence-corrected chi connectivity index (χ0v) is 12.6. The van der Waals surface area contributed by atoms with E-state index in [9.17, 15) is 19.1 Å². The largest absolute Gasteiger partial charge is 0.461 e. The maximum Gasteiger partial charge on any atom is 0.379 e. The Balaban J connectivity index is 2.21. The first-order valence-corrected chi connectivity index (χ1v) is 7.20. The molecule has 1 aliphatic heterocycles. The van der Waals surface area contributed by atoms with Crippen molar-refractivity contribution in [2.24, 2.45) is 0 Å². The van der Waals surface area contributed by atoms with E-state index in [0.29, 0.717) is 5.39 Å². The topological polar surface area (TPSA) is 86.0 Å². The molecule has 1 N–H and O–H groups in total. The lowest BCUT2D eigenvalue weighted by Gasteiger charge is -2.34. The van der Waals surface area contributed by atoms with Crippen LogP contribution in [0.1, 0.15) is 31.7 Å². The summed E-state index contributed by atoms with van der Waals surface area (Å²) in [6.45, 7) is 3.35. The maximum absolute atomic E-state index is 13.3. The highest BCUT2D eigenvalue weighted by Crippen LogP contribution is 2.42. The van der Waals surface area contributed by atoms with Gasteiger partial charge in [0.05, 0.1) is 17.6 Å². The molecule has 23 heavy (non-hydrogen) atoms. The molecule has 0 saturated heterocycles. The van der Waals surface area contributed by atoms with Gasteiger partial charge in [0.2, 0.25) is 0 Å². The first-order valence-electron chi connectivity index (χ1n) is 7.20. The van der Waals surface area contributed by atoms with Gasteiger partial charge in [0.1, 0.15) is 17.1 Å². The SMILES string of the molecule is CCOC(=O)C1(O)CC(C)c2c(c3ccc(F)cc3oc2=O)O1. The molecule has 2 aromatic rings. The van der Waals surface area contributed by atoms with Gasteiger partial charge in [0.15, 0.2) is 0 Å². The fraction of sp³-hybridized carbons (Fsp3) is 0.375. The molecule has 2 heterocycles. The average Bonchev–Trinajstić information content (AvgIpc) is 2.46. The Hall–Kier alpha value is -2.41. The van der Waals surface area contributed by atoms with Gasteiger partial charge in [-0.15, -0.1) is 0 Å². The number of carbonyl (C=O) groups is 1. The number of carbonyl (C=O) groups excluding carboxylic acids is 1. The molecule has 0 spiro atoms. The summed E-state index contributed by atoms with van der Waals surface area (Å²) in [5.41, 5.74) is -0.497. The summed E-state index contributed by atoms with van der Waals surface area (Å²) in [5.74, 6) is -4.19. The molecule has 2 unspecified atom stereocenters. The molecule has 0 radical (unpaired) electrons. The van der Waals surface area contributed by atoms with Gasteiger partial charge in [-0.25, -0.2) is 14.0 Å². The number of hydrogen-bond acceptors (Lipinski definition) is 6. The van der Waals surface area contributed by atoms with Gasteiger partial charge in [-0.1, -0.05) is 6.92 Å². The van der Waals surface area contributed by atoms with Crippen molar-refractivity contribution < 1.29 is 28.2 Å². The molecule has 0 aliphatic carbocycles. The van der Waals surface area contributed by atoms with E-state index < -0.39 is 29.1 Å². The van der Waals surface area contributed by atoms with Gasteiger partial charge < -0.3 is 19.0 Å². The van der Waals surface area contributed by atoms with Crippen molar-refractivity contribution in [3.05, 3.63) is 40.0 Å². The van der Waals surface area contributed by atoms with Gasteiger partial charge in [0, 0.05) is 12.5 Å². The molecule has 3 rings (SSSR count). The summed E-state index contributed by atoms with van der Waals surface area (Å²) in [6, 6.07) is 3.59. The Kier molecular flexibility index (Phi) is 3.60. The van der Waals surface area contributed by atoms with Crippen molar-refractivity contribution in [1.82, 2.24) is 0 Å². The fourth-order valence-corrected chi connectivity index (χ4v) is 2.79. The van der Waals surface area contributed by atoms with Crippen LogP contribution in [0.3, 0.4) is 0 Å². The molecular formula is C16H15FO6. The van der Waals surface area contributed by atoms with Crippen LogP contribution in [0.4, 0.5) is 4.39 Å². The van der Waals surface area contributed by atoms with Crippen molar-refractivity contribution in [1.29, 1.82) is 0 Å². The highest BCUT2D eigenvalue weighted by atomic mass is 19.1. The summed E-state index contributed by atoms with van der Waals surface area (Å²) >= 11 is 0. The number of aliphatic hydroxyl groups is 1. The molecule has 122 valence electrons. The predicted molar refractivity (Wildman–Crippen MR) is 77.7 cm³/mol. The molecule has 1 aliphatic rings. The van der Waals surface area contributed by atoms with Gasteiger partial charge in [-0.2, -0.15) is 0 Å². The first kappa shape index (κ1) is 15.5. The highest BCUT2D eigenvalue weighted by Gasteiger charge is 2.47. The van der Waals surface area contributed by atoms with Crippen molar-refractivity contribution >= 4 is 16.9 Å².